The summed E-state index contributed by atoms with van der Waals surface area (Å²) in [6.07, 6.45) is 5.74. The van der Waals surface area contributed by atoms with Gasteiger partial charge >= 0.3 is 5.97 Å². The number of hydrogen-bond acceptors (Lipinski definition) is 2. The van der Waals surface area contributed by atoms with Crippen LogP contribution >= 0.6 is 0 Å². The van der Waals surface area contributed by atoms with E-state index in [1.54, 1.807) is 12.1 Å². The van der Waals surface area contributed by atoms with E-state index in [0.717, 1.165) is 30.3 Å². The van der Waals surface area contributed by atoms with Gasteiger partial charge in [-0.15, -0.1) is 0 Å². The number of carboxylic acid groups (broad SMARTS) is 1. The van der Waals surface area contributed by atoms with Crippen LogP contribution in [0.4, 0.5) is 0 Å². The molecule has 3 nitrogen and oxygen atoms in total. The molecule has 0 spiro atoms. The first-order valence-electron chi connectivity index (χ1n) is 7.78. The number of hydrogen-bond donors (Lipinski definition) is 1. The molecule has 2 unspecified atom stereocenters. The van der Waals surface area contributed by atoms with E-state index in [9.17, 15) is 4.79 Å². The van der Waals surface area contributed by atoms with E-state index in [4.69, 9.17) is 5.11 Å². The Bertz CT molecular complexity index is 516. The molecule has 0 amide bonds. The van der Waals surface area contributed by atoms with Crippen LogP contribution < -0.4 is 0 Å². The zero-order valence-electron chi connectivity index (χ0n) is 11.7. The Kier molecular flexibility index (Phi) is 2.84. The fourth-order valence-electron chi connectivity index (χ4n) is 3.83. The van der Waals surface area contributed by atoms with Crippen LogP contribution in [0.5, 0.6) is 0 Å². The predicted molar refractivity (Wildman–Crippen MR) is 76.5 cm³/mol. The molecule has 1 heterocycles. The standard InChI is InChI=1S/C17H21NO2/c19-17(20)14-3-1-11(2-4-14)9-18-10-15(12-5-6-12)16(18)13-7-8-13/h1-4,12-13,15-16H,5-10H2,(H,19,20). The zero-order valence-corrected chi connectivity index (χ0v) is 11.7. The number of rotatable bonds is 5. The van der Waals surface area contributed by atoms with Gasteiger partial charge in [0.05, 0.1) is 5.56 Å². The molecule has 0 aromatic heterocycles. The summed E-state index contributed by atoms with van der Waals surface area (Å²) in [6.45, 7) is 2.25. The second-order valence-electron chi connectivity index (χ2n) is 6.76. The van der Waals surface area contributed by atoms with Gasteiger partial charge in [0, 0.05) is 19.1 Å². The van der Waals surface area contributed by atoms with E-state index in [-0.39, 0.29) is 0 Å². The van der Waals surface area contributed by atoms with E-state index in [1.807, 2.05) is 12.1 Å². The van der Waals surface area contributed by atoms with Crippen LogP contribution in [0.2, 0.25) is 0 Å². The Labute approximate surface area is 119 Å². The van der Waals surface area contributed by atoms with Crippen molar-refractivity contribution in [2.24, 2.45) is 17.8 Å². The smallest absolute Gasteiger partial charge is 0.335 e. The third kappa shape index (κ3) is 2.24. The van der Waals surface area contributed by atoms with E-state index in [2.05, 4.69) is 4.90 Å². The largest absolute Gasteiger partial charge is 0.478 e. The van der Waals surface area contributed by atoms with Crippen molar-refractivity contribution in [3.8, 4) is 0 Å². The minimum atomic E-state index is -0.842. The highest BCUT2D eigenvalue weighted by Crippen LogP contribution is 2.52. The Morgan fingerprint density at radius 1 is 1.10 bits per heavy atom. The van der Waals surface area contributed by atoms with Gasteiger partial charge < -0.3 is 5.11 Å². The molecule has 1 aromatic rings. The third-order valence-corrected chi connectivity index (χ3v) is 5.22. The third-order valence-electron chi connectivity index (χ3n) is 5.22. The fraction of sp³-hybridized carbons (Fsp3) is 0.588. The normalized spacial score (nSPS) is 30.0. The predicted octanol–water partition coefficient (Wildman–Crippen LogP) is 3.01. The lowest BCUT2D eigenvalue weighted by molar-refractivity contribution is -0.0190. The van der Waals surface area contributed by atoms with Crippen molar-refractivity contribution in [3.63, 3.8) is 0 Å². The van der Waals surface area contributed by atoms with Gasteiger partial charge in [-0.2, -0.15) is 0 Å². The van der Waals surface area contributed by atoms with Gasteiger partial charge in [0.1, 0.15) is 0 Å². The molecule has 3 aliphatic rings. The van der Waals surface area contributed by atoms with Gasteiger partial charge in [-0.3, -0.25) is 4.90 Å². The van der Waals surface area contributed by atoms with Crippen LogP contribution in [-0.4, -0.2) is 28.6 Å². The molecule has 1 saturated heterocycles. The van der Waals surface area contributed by atoms with Gasteiger partial charge in [-0.25, -0.2) is 4.79 Å². The van der Waals surface area contributed by atoms with Crippen LogP contribution in [0, 0.1) is 17.8 Å². The molecule has 106 valence electrons. The maximum Gasteiger partial charge on any atom is 0.335 e. The number of carboxylic acids is 1. The van der Waals surface area contributed by atoms with Crippen molar-refractivity contribution in [2.75, 3.05) is 6.54 Å². The second-order valence-corrected chi connectivity index (χ2v) is 6.76. The topological polar surface area (TPSA) is 40.5 Å². The minimum absolute atomic E-state index is 0.381. The Balaban J connectivity index is 1.42. The lowest BCUT2D eigenvalue weighted by Gasteiger charge is -2.49. The summed E-state index contributed by atoms with van der Waals surface area (Å²) in [4.78, 5) is 13.5. The monoisotopic (exact) mass is 271 g/mol. The van der Waals surface area contributed by atoms with E-state index in [1.165, 1.54) is 37.8 Å². The maximum absolute atomic E-state index is 10.9. The van der Waals surface area contributed by atoms with Crippen molar-refractivity contribution in [2.45, 2.75) is 38.3 Å². The minimum Gasteiger partial charge on any atom is -0.478 e. The first kappa shape index (κ1) is 12.4. The molecule has 3 heteroatoms. The number of nitrogens with zero attached hydrogens (tertiary/aromatic N) is 1. The van der Waals surface area contributed by atoms with Crippen molar-refractivity contribution >= 4 is 5.97 Å². The Morgan fingerprint density at radius 3 is 2.30 bits per heavy atom. The van der Waals surface area contributed by atoms with E-state index < -0.39 is 5.97 Å². The maximum atomic E-state index is 10.9. The van der Waals surface area contributed by atoms with Crippen molar-refractivity contribution < 1.29 is 9.90 Å². The highest BCUT2D eigenvalue weighted by molar-refractivity contribution is 5.87. The van der Waals surface area contributed by atoms with Gasteiger partial charge in [-0.1, -0.05) is 12.1 Å². The van der Waals surface area contributed by atoms with Crippen molar-refractivity contribution in [3.05, 3.63) is 35.4 Å². The second kappa shape index (κ2) is 4.59. The summed E-state index contributed by atoms with van der Waals surface area (Å²) in [6, 6.07) is 8.21. The number of benzene rings is 1. The number of aromatic carboxylic acids is 1. The van der Waals surface area contributed by atoms with Crippen LogP contribution in [0.3, 0.4) is 0 Å². The van der Waals surface area contributed by atoms with Gasteiger partial charge in [-0.05, 0) is 61.1 Å². The fourth-order valence-corrected chi connectivity index (χ4v) is 3.83. The molecule has 2 aliphatic carbocycles. The summed E-state index contributed by atoms with van der Waals surface area (Å²) in [5.41, 5.74) is 1.63. The summed E-state index contributed by atoms with van der Waals surface area (Å²) >= 11 is 0. The summed E-state index contributed by atoms with van der Waals surface area (Å²) in [7, 11) is 0. The molecule has 3 fully saturated rings. The first-order chi connectivity index (χ1) is 9.72. The van der Waals surface area contributed by atoms with Gasteiger partial charge in [0.25, 0.3) is 0 Å². The molecule has 2 saturated carbocycles. The molecule has 4 rings (SSSR count). The SMILES string of the molecule is O=C(O)c1ccc(CN2CC(C3CC3)C2C2CC2)cc1. The average molecular weight is 271 g/mol. The lowest BCUT2D eigenvalue weighted by atomic mass is 9.81. The van der Waals surface area contributed by atoms with E-state index >= 15 is 0 Å². The summed E-state index contributed by atoms with van der Waals surface area (Å²) < 4.78 is 0. The molecule has 1 aromatic carbocycles. The highest BCUT2D eigenvalue weighted by Gasteiger charge is 2.52. The first-order valence-corrected chi connectivity index (χ1v) is 7.78. The van der Waals surface area contributed by atoms with Gasteiger partial charge in [0.15, 0.2) is 0 Å². The Morgan fingerprint density at radius 2 is 1.75 bits per heavy atom. The number of carbonyl (C=O) groups is 1. The molecule has 2 atom stereocenters. The molecule has 0 radical (unpaired) electrons. The lowest BCUT2D eigenvalue weighted by Crippen LogP contribution is -2.57. The quantitative estimate of drug-likeness (QED) is 0.895. The van der Waals surface area contributed by atoms with Crippen molar-refractivity contribution in [1.82, 2.24) is 4.90 Å². The average Bonchev–Trinajstić information content (AvgIpc) is 3.28. The van der Waals surface area contributed by atoms with Crippen LogP contribution in [0.15, 0.2) is 24.3 Å². The van der Waals surface area contributed by atoms with E-state index in [0.29, 0.717) is 5.56 Å². The molecule has 1 N–H and O–H groups in total. The van der Waals surface area contributed by atoms with Crippen molar-refractivity contribution in [1.29, 1.82) is 0 Å². The van der Waals surface area contributed by atoms with Gasteiger partial charge in [0.2, 0.25) is 0 Å². The molecule has 1 aliphatic heterocycles. The Hall–Kier alpha value is -1.35. The molecule has 0 bridgehead atoms. The molecular formula is C17H21NO2. The van der Waals surface area contributed by atoms with Crippen LogP contribution in [0.1, 0.15) is 41.6 Å². The van der Waals surface area contributed by atoms with Crippen LogP contribution in [0.25, 0.3) is 0 Å². The molecule has 20 heavy (non-hydrogen) atoms. The summed E-state index contributed by atoms with van der Waals surface area (Å²) in [5, 5.41) is 8.93. The summed E-state index contributed by atoms with van der Waals surface area (Å²) in [5.74, 6) is 2.09. The number of likely N-dealkylation sites (tertiary alicyclic amines) is 1. The zero-order chi connectivity index (χ0) is 13.7. The highest BCUT2D eigenvalue weighted by atomic mass is 16.4. The van der Waals surface area contributed by atoms with Crippen LogP contribution in [-0.2, 0) is 6.54 Å². The molecular weight excluding hydrogens is 250 g/mol.